The summed E-state index contributed by atoms with van der Waals surface area (Å²) in [6, 6.07) is 6.97. The predicted molar refractivity (Wildman–Crippen MR) is 59.6 cm³/mol. The van der Waals surface area contributed by atoms with Gasteiger partial charge in [0, 0.05) is 11.6 Å². The number of benzene rings is 1. The Hall–Kier alpha value is -2.48. The second-order valence-corrected chi connectivity index (χ2v) is 3.51. The molecule has 0 aliphatic rings. The monoisotopic (exact) mass is 214 g/mol. The van der Waals surface area contributed by atoms with E-state index in [0.717, 1.165) is 11.3 Å². The van der Waals surface area contributed by atoms with E-state index in [9.17, 15) is 5.11 Å². The quantitative estimate of drug-likeness (QED) is 0.670. The van der Waals surface area contributed by atoms with Gasteiger partial charge in [0.05, 0.1) is 11.3 Å². The molecule has 5 nitrogen and oxygen atoms in total. The third kappa shape index (κ3) is 1.57. The number of nitrogens with zero attached hydrogens (tertiary/aromatic N) is 2. The lowest BCUT2D eigenvalue weighted by molar-refractivity contribution is 0.469. The number of nitrogens with two attached hydrogens (primary N) is 1. The molecule has 0 unspecified atom stereocenters. The number of hydrogen-bond acceptors (Lipinski definition) is 4. The number of hydrogen-bond donors (Lipinski definition) is 3. The standard InChI is InChI=1S/C11H10N4O/c1-6-2-7(3-8(5-12)11(6)16)9-4-10(13)15-14-9/h2-4,16H,1H3,(H3,13,14,15). The van der Waals surface area contributed by atoms with Gasteiger partial charge < -0.3 is 10.8 Å². The fraction of sp³-hybridized carbons (Fsp3) is 0.0909. The SMILES string of the molecule is Cc1cc(-c2cc(N)n[nH]2)cc(C#N)c1O. The van der Waals surface area contributed by atoms with Crippen LogP contribution in [0.15, 0.2) is 18.2 Å². The van der Waals surface area contributed by atoms with Crippen molar-refractivity contribution in [3.05, 3.63) is 29.3 Å². The number of phenols is 1. The highest BCUT2D eigenvalue weighted by molar-refractivity contribution is 5.67. The van der Waals surface area contributed by atoms with E-state index in [1.807, 2.05) is 6.07 Å². The zero-order valence-electron chi connectivity index (χ0n) is 8.65. The van der Waals surface area contributed by atoms with Gasteiger partial charge >= 0.3 is 0 Å². The molecule has 5 heteroatoms. The lowest BCUT2D eigenvalue weighted by atomic mass is 10.0. The Bertz CT molecular complexity index is 580. The van der Waals surface area contributed by atoms with E-state index in [-0.39, 0.29) is 11.3 Å². The molecule has 2 aromatic rings. The topological polar surface area (TPSA) is 98.7 Å². The normalized spacial score (nSPS) is 10.0. The number of rotatable bonds is 1. The molecule has 4 N–H and O–H groups in total. The van der Waals surface area contributed by atoms with Crippen molar-refractivity contribution in [3.8, 4) is 23.1 Å². The first kappa shape index (κ1) is 10.1. The Morgan fingerprint density at radius 1 is 1.44 bits per heavy atom. The first-order chi connectivity index (χ1) is 7.61. The smallest absolute Gasteiger partial charge is 0.145 e. The summed E-state index contributed by atoms with van der Waals surface area (Å²) in [7, 11) is 0. The van der Waals surface area contributed by atoms with Crippen LogP contribution in [0.3, 0.4) is 0 Å². The summed E-state index contributed by atoms with van der Waals surface area (Å²) in [5, 5.41) is 25.0. The van der Waals surface area contributed by atoms with Crippen molar-refractivity contribution in [2.75, 3.05) is 5.73 Å². The number of nitrogen functional groups attached to an aromatic ring is 1. The second-order valence-electron chi connectivity index (χ2n) is 3.51. The average molecular weight is 214 g/mol. The van der Waals surface area contributed by atoms with Crippen LogP contribution in [0, 0.1) is 18.3 Å². The van der Waals surface area contributed by atoms with Crippen molar-refractivity contribution in [1.29, 1.82) is 5.26 Å². The molecule has 2 rings (SSSR count). The molecule has 0 amide bonds. The molecule has 0 aliphatic carbocycles. The Balaban J connectivity index is 2.60. The van der Waals surface area contributed by atoms with Crippen molar-refractivity contribution in [3.63, 3.8) is 0 Å². The van der Waals surface area contributed by atoms with Gasteiger partial charge in [-0.3, -0.25) is 5.10 Å². The molecule has 0 bridgehead atoms. The van der Waals surface area contributed by atoms with Gasteiger partial charge in [0.1, 0.15) is 17.6 Å². The molecule has 0 saturated carbocycles. The first-order valence-corrected chi connectivity index (χ1v) is 4.67. The fourth-order valence-electron chi connectivity index (χ4n) is 1.51. The van der Waals surface area contributed by atoms with E-state index in [0.29, 0.717) is 11.4 Å². The van der Waals surface area contributed by atoms with E-state index in [1.54, 1.807) is 25.1 Å². The van der Waals surface area contributed by atoms with Crippen LogP contribution in [-0.4, -0.2) is 15.3 Å². The minimum Gasteiger partial charge on any atom is -0.506 e. The zero-order chi connectivity index (χ0) is 11.7. The van der Waals surface area contributed by atoms with E-state index < -0.39 is 0 Å². The molecule has 1 aromatic carbocycles. The zero-order valence-corrected chi connectivity index (χ0v) is 8.65. The van der Waals surface area contributed by atoms with Crippen LogP contribution in [0.25, 0.3) is 11.3 Å². The van der Waals surface area contributed by atoms with Gasteiger partial charge in [-0.2, -0.15) is 10.4 Å². The number of H-pyrrole nitrogens is 1. The molecule has 1 heterocycles. The molecule has 1 aromatic heterocycles. The summed E-state index contributed by atoms with van der Waals surface area (Å²) < 4.78 is 0. The Labute approximate surface area is 92.1 Å². The lowest BCUT2D eigenvalue weighted by Crippen LogP contribution is -1.86. The van der Waals surface area contributed by atoms with Crippen LogP contribution in [0.2, 0.25) is 0 Å². The maximum atomic E-state index is 9.60. The average Bonchev–Trinajstić information content (AvgIpc) is 2.69. The summed E-state index contributed by atoms with van der Waals surface area (Å²) >= 11 is 0. The van der Waals surface area contributed by atoms with Crippen molar-refractivity contribution >= 4 is 5.82 Å². The molecular weight excluding hydrogens is 204 g/mol. The summed E-state index contributed by atoms with van der Waals surface area (Å²) in [6.07, 6.45) is 0. The van der Waals surface area contributed by atoms with E-state index in [1.165, 1.54) is 0 Å². The van der Waals surface area contributed by atoms with Gasteiger partial charge in [-0.25, -0.2) is 0 Å². The van der Waals surface area contributed by atoms with E-state index >= 15 is 0 Å². The van der Waals surface area contributed by atoms with Gasteiger partial charge in [-0.1, -0.05) is 0 Å². The van der Waals surface area contributed by atoms with Gasteiger partial charge in [-0.05, 0) is 24.6 Å². The van der Waals surface area contributed by atoms with Crippen molar-refractivity contribution in [2.24, 2.45) is 0 Å². The van der Waals surface area contributed by atoms with Crippen molar-refractivity contribution in [1.82, 2.24) is 10.2 Å². The lowest BCUT2D eigenvalue weighted by Gasteiger charge is -2.04. The largest absolute Gasteiger partial charge is 0.506 e. The number of nitriles is 1. The molecule has 0 atom stereocenters. The van der Waals surface area contributed by atoms with Crippen LogP contribution in [0.5, 0.6) is 5.75 Å². The third-order valence-electron chi connectivity index (χ3n) is 2.33. The predicted octanol–water partition coefficient (Wildman–Crippen LogP) is 1.54. The number of anilines is 1. The van der Waals surface area contributed by atoms with Crippen molar-refractivity contribution in [2.45, 2.75) is 6.92 Å². The Morgan fingerprint density at radius 2 is 2.19 bits per heavy atom. The molecule has 80 valence electrons. The maximum Gasteiger partial charge on any atom is 0.145 e. The summed E-state index contributed by atoms with van der Waals surface area (Å²) in [4.78, 5) is 0. The summed E-state index contributed by atoms with van der Waals surface area (Å²) in [5.74, 6) is 0.401. The number of aromatic amines is 1. The number of aromatic nitrogens is 2. The molecule has 0 radical (unpaired) electrons. The minimum absolute atomic E-state index is 0.0127. The molecule has 0 saturated heterocycles. The molecule has 16 heavy (non-hydrogen) atoms. The molecule has 0 aliphatic heterocycles. The van der Waals surface area contributed by atoms with Crippen LogP contribution >= 0.6 is 0 Å². The Kier molecular flexibility index (Phi) is 2.25. The van der Waals surface area contributed by atoms with Crippen LogP contribution in [0.1, 0.15) is 11.1 Å². The first-order valence-electron chi connectivity index (χ1n) is 4.67. The number of aryl methyl sites for hydroxylation is 1. The van der Waals surface area contributed by atoms with Crippen LogP contribution in [0.4, 0.5) is 5.82 Å². The highest BCUT2D eigenvalue weighted by Gasteiger charge is 2.09. The van der Waals surface area contributed by atoms with Gasteiger partial charge in [-0.15, -0.1) is 0 Å². The van der Waals surface area contributed by atoms with Crippen molar-refractivity contribution < 1.29 is 5.11 Å². The highest BCUT2D eigenvalue weighted by atomic mass is 16.3. The maximum absolute atomic E-state index is 9.60. The minimum atomic E-state index is 0.0127. The van der Waals surface area contributed by atoms with Gasteiger partial charge in [0.25, 0.3) is 0 Å². The van der Waals surface area contributed by atoms with E-state index in [2.05, 4.69) is 10.2 Å². The number of aromatic hydroxyl groups is 1. The molecular formula is C11H10N4O. The van der Waals surface area contributed by atoms with Gasteiger partial charge in [0.2, 0.25) is 0 Å². The van der Waals surface area contributed by atoms with Crippen LogP contribution < -0.4 is 5.73 Å². The summed E-state index contributed by atoms with van der Waals surface area (Å²) in [6.45, 7) is 1.74. The van der Waals surface area contributed by atoms with Crippen LogP contribution in [-0.2, 0) is 0 Å². The highest BCUT2D eigenvalue weighted by Crippen LogP contribution is 2.28. The second kappa shape index (κ2) is 3.59. The number of phenolic OH excluding ortho intramolecular Hbond substituents is 1. The third-order valence-corrected chi connectivity index (χ3v) is 2.33. The summed E-state index contributed by atoms with van der Waals surface area (Å²) in [5.41, 5.74) is 7.87. The van der Waals surface area contributed by atoms with E-state index in [4.69, 9.17) is 11.0 Å². The molecule has 0 spiro atoms. The van der Waals surface area contributed by atoms with Gasteiger partial charge in [0.15, 0.2) is 0 Å². The fourth-order valence-corrected chi connectivity index (χ4v) is 1.51. The number of nitrogens with one attached hydrogen (secondary N) is 1. The molecule has 0 fully saturated rings. The Morgan fingerprint density at radius 3 is 2.75 bits per heavy atom.